The number of nitro benzene ring substituents is 1. The van der Waals surface area contributed by atoms with Gasteiger partial charge in [-0.1, -0.05) is 11.6 Å². The second-order valence-electron chi connectivity index (χ2n) is 2.79. The van der Waals surface area contributed by atoms with Gasteiger partial charge >= 0.3 is 17.8 Å². The third kappa shape index (κ3) is 3.00. The summed E-state index contributed by atoms with van der Waals surface area (Å²) in [5, 5.41) is 18.6. The summed E-state index contributed by atoms with van der Waals surface area (Å²) in [6, 6.07) is 2.62. The molecular weight excluding hydrogens is 264 g/mol. The lowest BCUT2D eigenvalue weighted by Crippen LogP contribution is -2.34. The van der Waals surface area contributed by atoms with Gasteiger partial charge in [-0.2, -0.15) is 8.78 Å². The van der Waals surface area contributed by atoms with Crippen LogP contribution in [0.4, 0.5) is 14.5 Å². The molecule has 0 heterocycles. The van der Waals surface area contributed by atoms with Gasteiger partial charge in [0.25, 0.3) is 0 Å². The van der Waals surface area contributed by atoms with E-state index in [4.69, 9.17) is 16.7 Å². The summed E-state index contributed by atoms with van der Waals surface area (Å²) in [6.07, 6.45) is -4.56. The van der Waals surface area contributed by atoms with Crippen LogP contribution in [0.25, 0.3) is 0 Å². The van der Waals surface area contributed by atoms with Crippen LogP contribution in [0.5, 0.6) is 5.75 Å². The predicted octanol–water partition coefficient (Wildman–Crippen LogP) is 2.30. The second kappa shape index (κ2) is 4.50. The van der Waals surface area contributed by atoms with Crippen LogP contribution in [-0.4, -0.2) is 22.1 Å². The molecule has 17 heavy (non-hydrogen) atoms. The molecule has 0 radical (unpaired) electrons. The van der Waals surface area contributed by atoms with Crippen molar-refractivity contribution >= 4 is 23.3 Å². The van der Waals surface area contributed by atoms with Gasteiger partial charge in [-0.05, 0) is 12.1 Å². The average Bonchev–Trinajstić information content (AvgIpc) is 2.19. The molecule has 0 fully saturated rings. The molecule has 9 heteroatoms. The van der Waals surface area contributed by atoms with Crippen LogP contribution in [0.2, 0.25) is 5.02 Å². The van der Waals surface area contributed by atoms with Crippen LogP contribution in [0.1, 0.15) is 0 Å². The Hall–Kier alpha value is -1.96. The summed E-state index contributed by atoms with van der Waals surface area (Å²) >= 11 is 5.43. The van der Waals surface area contributed by atoms with Crippen LogP contribution in [0.15, 0.2) is 18.2 Å². The molecule has 0 atom stereocenters. The number of halogens is 3. The van der Waals surface area contributed by atoms with Crippen LogP contribution in [0.3, 0.4) is 0 Å². The van der Waals surface area contributed by atoms with Crippen molar-refractivity contribution in [2.24, 2.45) is 0 Å². The molecule has 1 aromatic carbocycles. The Morgan fingerprint density at radius 1 is 1.53 bits per heavy atom. The lowest BCUT2D eigenvalue weighted by atomic mass is 10.3. The largest absolute Gasteiger partial charge is 0.502 e. The zero-order chi connectivity index (χ0) is 13.2. The Morgan fingerprint density at radius 2 is 2.12 bits per heavy atom. The first kappa shape index (κ1) is 13.1. The summed E-state index contributed by atoms with van der Waals surface area (Å²) in [5.74, 6) is -3.44. The highest BCUT2D eigenvalue weighted by molar-refractivity contribution is 6.30. The molecule has 0 amide bonds. The number of nitrogens with zero attached hydrogens (tertiary/aromatic N) is 1. The van der Waals surface area contributed by atoms with E-state index in [-0.39, 0.29) is 5.02 Å². The molecule has 1 aromatic rings. The van der Waals surface area contributed by atoms with Gasteiger partial charge < -0.3 is 9.84 Å². The highest BCUT2D eigenvalue weighted by Crippen LogP contribution is 2.33. The molecule has 0 aromatic heterocycles. The molecule has 0 unspecified atom stereocenters. The molecule has 1 N–H and O–H groups in total. The zero-order valence-electron chi connectivity index (χ0n) is 7.89. The van der Waals surface area contributed by atoms with Gasteiger partial charge in [0.05, 0.1) is 4.92 Å². The monoisotopic (exact) mass is 267 g/mol. The molecule has 0 saturated heterocycles. The molecule has 0 saturated carbocycles. The van der Waals surface area contributed by atoms with Gasteiger partial charge in [-0.3, -0.25) is 10.1 Å². The van der Waals surface area contributed by atoms with E-state index < -0.39 is 28.4 Å². The van der Waals surface area contributed by atoms with Gasteiger partial charge in [-0.15, -0.1) is 0 Å². The third-order valence-corrected chi connectivity index (χ3v) is 1.84. The molecule has 0 aliphatic carbocycles. The van der Waals surface area contributed by atoms with Crippen molar-refractivity contribution in [3.05, 3.63) is 33.3 Å². The van der Waals surface area contributed by atoms with Gasteiger partial charge in [0.15, 0.2) is 0 Å². The number of alkyl halides is 2. The van der Waals surface area contributed by atoms with E-state index in [9.17, 15) is 23.7 Å². The van der Waals surface area contributed by atoms with Gasteiger partial charge in [-0.25, -0.2) is 4.79 Å². The van der Waals surface area contributed by atoms with E-state index in [1.807, 2.05) is 0 Å². The fourth-order valence-electron chi connectivity index (χ4n) is 0.901. The van der Waals surface area contributed by atoms with Crippen LogP contribution >= 0.6 is 11.6 Å². The first-order valence-electron chi connectivity index (χ1n) is 3.98. The molecular formula is C8H4ClF2NO5. The smallest absolute Gasteiger partial charge is 0.474 e. The number of hydrogen-bond acceptors (Lipinski definition) is 4. The average molecular weight is 268 g/mol. The summed E-state index contributed by atoms with van der Waals surface area (Å²) in [6.45, 7) is 0. The standard InChI is InChI=1S/C8H4ClF2NO5/c9-4-1-2-6(5(3-4)12(15)16)17-8(10,11)7(13)14/h1-3H,(H,13,14). The Kier molecular flexibility index (Phi) is 3.47. The minimum atomic E-state index is -4.56. The van der Waals surface area contributed by atoms with Crippen LogP contribution in [-0.2, 0) is 4.79 Å². The quantitative estimate of drug-likeness (QED) is 0.668. The number of carboxylic acid groups (broad SMARTS) is 1. The maximum atomic E-state index is 12.7. The molecule has 0 aliphatic heterocycles. The summed E-state index contributed by atoms with van der Waals surface area (Å²) in [5.41, 5.74) is -0.849. The maximum absolute atomic E-state index is 12.7. The Morgan fingerprint density at radius 3 is 2.59 bits per heavy atom. The lowest BCUT2D eigenvalue weighted by molar-refractivity contribution is -0.387. The minimum Gasteiger partial charge on any atom is -0.474 e. The number of nitro groups is 1. The number of ether oxygens (including phenoxy) is 1. The van der Waals surface area contributed by atoms with Crippen molar-refractivity contribution in [2.75, 3.05) is 0 Å². The van der Waals surface area contributed by atoms with E-state index in [0.717, 1.165) is 18.2 Å². The molecule has 92 valence electrons. The second-order valence-corrected chi connectivity index (χ2v) is 3.23. The van der Waals surface area contributed by atoms with Gasteiger partial charge in [0, 0.05) is 11.1 Å². The van der Waals surface area contributed by atoms with Gasteiger partial charge in [0.1, 0.15) is 0 Å². The Balaban J connectivity index is 3.15. The predicted molar refractivity (Wildman–Crippen MR) is 51.3 cm³/mol. The van der Waals surface area contributed by atoms with Crippen molar-refractivity contribution in [2.45, 2.75) is 6.11 Å². The first-order valence-corrected chi connectivity index (χ1v) is 4.36. The molecule has 0 aliphatic rings. The topological polar surface area (TPSA) is 89.7 Å². The summed E-state index contributed by atoms with van der Waals surface area (Å²) in [4.78, 5) is 19.6. The van der Waals surface area contributed by atoms with Crippen molar-refractivity contribution in [3.8, 4) is 5.75 Å². The SMILES string of the molecule is O=C(O)C(F)(F)Oc1ccc(Cl)cc1[N+](=O)[O-]. The fraction of sp³-hybridized carbons (Fsp3) is 0.125. The van der Waals surface area contributed by atoms with Crippen LogP contribution < -0.4 is 4.74 Å². The number of carbonyl (C=O) groups is 1. The van der Waals surface area contributed by atoms with Crippen molar-refractivity contribution < 1.29 is 28.3 Å². The molecule has 1 rings (SSSR count). The fourth-order valence-corrected chi connectivity index (χ4v) is 1.07. The lowest BCUT2D eigenvalue weighted by Gasteiger charge is -2.13. The number of rotatable bonds is 4. The zero-order valence-corrected chi connectivity index (χ0v) is 8.65. The maximum Gasteiger partial charge on any atom is 0.502 e. The number of carboxylic acids is 1. The normalized spacial score (nSPS) is 11.0. The Bertz CT molecular complexity index is 479. The summed E-state index contributed by atoms with van der Waals surface area (Å²) < 4.78 is 29.2. The number of aliphatic carboxylic acids is 1. The van der Waals surface area contributed by atoms with E-state index >= 15 is 0 Å². The van der Waals surface area contributed by atoms with Crippen molar-refractivity contribution in [1.82, 2.24) is 0 Å². The highest BCUT2D eigenvalue weighted by atomic mass is 35.5. The highest BCUT2D eigenvalue weighted by Gasteiger charge is 2.43. The third-order valence-electron chi connectivity index (χ3n) is 1.60. The van der Waals surface area contributed by atoms with Crippen LogP contribution in [0, 0.1) is 10.1 Å². The van der Waals surface area contributed by atoms with E-state index in [0.29, 0.717) is 0 Å². The molecule has 6 nitrogen and oxygen atoms in total. The van der Waals surface area contributed by atoms with E-state index in [1.165, 1.54) is 0 Å². The van der Waals surface area contributed by atoms with E-state index in [2.05, 4.69) is 4.74 Å². The van der Waals surface area contributed by atoms with Crippen molar-refractivity contribution in [3.63, 3.8) is 0 Å². The van der Waals surface area contributed by atoms with Gasteiger partial charge in [0.2, 0.25) is 5.75 Å². The number of benzene rings is 1. The Labute approximate surface area is 97.5 Å². The van der Waals surface area contributed by atoms with E-state index in [1.54, 1.807) is 0 Å². The molecule has 0 bridgehead atoms. The first-order chi connectivity index (χ1) is 7.74. The van der Waals surface area contributed by atoms with Crippen molar-refractivity contribution in [1.29, 1.82) is 0 Å². The molecule has 0 spiro atoms. The number of hydrogen-bond donors (Lipinski definition) is 1. The minimum absolute atomic E-state index is 0.0670. The summed E-state index contributed by atoms with van der Waals surface area (Å²) in [7, 11) is 0.